The first kappa shape index (κ1) is 17.5. The molecule has 1 amide bonds. The van der Waals surface area contributed by atoms with Crippen LogP contribution in [0.3, 0.4) is 0 Å². The third-order valence-electron chi connectivity index (χ3n) is 3.59. The van der Waals surface area contributed by atoms with Crippen molar-refractivity contribution in [3.8, 4) is 11.5 Å². The number of aromatic nitrogens is 1. The number of benzene rings is 2. The molecule has 1 aromatic heterocycles. The summed E-state index contributed by atoms with van der Waals surface area (Å²) in [6.07, 6.45) is 3.21. The van der Waals surface area contributed by atoms with Gasteiger partial charge in [0.05, 0.1) is 6.20 Å². The van der Waals surface area contributed by atoms with Crippen LogP contribution in [-0.4, -0.2) is 10.9 Å². The van der Waals surface area contributed by atoms with E-state index >= 15 is 0 Å². The highest BCUT2D eigenvalue weighted by molar-refractivity contribution is 6.04. The zero-order valence-electron chi connectivity index (χ0n) is 13.9. The molecule has 1 heterocycles. The molecule has 4 nitrogen and oxygen atoms in total. The zero-order chi connectivity index (χ0) is 18.6. The number of ether oxygens (including phenoxy) is 1. The lowest BCUT2D eigenvalue weighted by atomic mass is 10.1. The molecule has 2 aromatic carbocycles. The summed E-state index contributed by atoms with van der Waals surface area (Å²) in [4.78, 5) is 16.3. The van der Waals surface area contributed by atoms with E-state index in [4.69, 9.17) is 4.74 Å². The molecule has 0 aliphatic heterocycles. The summed E-state index contributed by atoms with van der Waals surface area (Å²) in [7, 11) is 0. The fourth-order valence-corrected chi connectivity index (χ4v) is 2.32. The Labute approximate surface area is 149 Å². The lowest BCUT2D eigenvalue weighted by molar-refractivity contribution is 0.0174. The van der Waals surface area contributed by atoms with Crippen molar-refractivity contribution in [3.05, 3.63) is 84.2 Å². The lowest BCUT2D eigenvalue weighted by Gasteiger charge is -2.12. The third-order valence-corrected chi connectivity index (χ3v) is 3.59. The largest absolute Gasteiger partial charge is 0.456 e. The van der Waals surface area contributed by atoms with Gasteiger partial charge in [0.15, 0.2) is 0 Å². The van der Waals surface area contributed by atoms with Crippen LogP contribution in [0.1, 0.15) is 22.8 Å². The third kappa shape index (κ3) is 4.42. The van der Waals surface area contributed by atoms with Crippen LogP contribution in [0.4, 0.5) is 14.5 Å². The molecule has 1 N–H and O–H groups in total. The summed E-state index contributed by atoms with van der Waals surface area (Å²) in [5, 5.41) is 2.68. The zero-order valence-corrected chi connectivity index (χ0v) is 13.9. The van der Waals surface area contributed by atoms with Gasteiger partial charge in [-0.1, -0.05) is 18.2 Å². The van der Waals surface area contributed by atoms with Crippen molar-refractivity contribution < 1.29 is 18.3 Å². The molecule has 3 aromatic rings. The summed E-state index contributed by atoms with van der Waals surface area (Å²) in [6.45, 7) is 0.795. The van der Waals surface area contributed by atoms with E-state index in [2.05, 4.69) is 10.3 Å². The highest BCUT2D eigenvalue weighted by atomic mass is 19.3. The molecule has 0 aliphatic rings. The molecule has 0 fully saturated rings. The molecule has 0 spiro atoms. The average molecular weight is 354 g/mol. The second-order valence-corrected chi connectivity index (χ2v) is 5.74. The van der Waals surface area contributed by atoms with Crippen molar-refractivity contribution in [2.75, 3.05) is 5.32 Å². The molecule has 6 heteroatoms. The molecule has 0 bridgehead atoms. The van der Waals surface area contributed by atoms with Crippen molar-refractivity contribution in [2.45, 2.75) is 12.8 Å². The minimum Gasteiger partial charge on any atom is -0.456 e. The number of halogens is 2. The lowest BCUT2D eigenvalue weighted by Crippen LogP contribution is -2.14. The van der Waals surface area contributed by atoms with Crippen LogP contribution < -0.4 is 10.1 Å². The van der Waals surface area contributed by atoms with E-state index in [1.165, 1.54) is 24.3 Å². The van der Waals surface area contributed by atoms with E-state index < -0.39 is 11.8 Å². The number of carbonyl (C=O) groups is 1. The van der Waals surface area contributed by atoms with E-state index in [-0.39, 0.29) is 11.1 Å². The van der Waals surface area contributed by atoms with Gasteiger partial charge in [-0.05, 0) is 36.4 Å². The van der Waals surface area contributed by atoms with E-state index in [1.807, 2.05) is 0 Å². The Morgan fingerprint density at radius 2 is 1.81 bits per heavy atom. The first-order valence-corrected chi connectivity index (χ1v) is 7.89. The van der Waals surface area contributed by atoms with Crippen molar-refractivity contribution in [2.24, 2.45) is 0 Å². The smallest absolute Gasteiger partial charge is 0.270 e. The van der Waals surface area contributed by atoms with E-state index in [0.717, 1.165) is 6.92 Å². The first-order chi connectivity index (χ1) is 12.4. The number of hydrogen-bond acceptors (Lipinski definition) is 3. The SMILES string of the molecule is CC(F)(F)c1cccc(C(=O)Nc2cccc(Oc3cccnc3)c2)c1. The molecule has 0 atom stereocenters. The van der Waals surface area contributed by atoms with Crippen LogP contribution in [0.5, 0.6) is 11.5 Å². The Balaban J connectivity index is 1.75. The van der Waals surface area contributed by atoms with Crippen molar-refractivity contribution in [1.29, 1.82) is 0 Å². The second kappa shape index (κ2) is 7.31. The second-order valence-electron chi connectivity index (χ2n) is 5.74. The normalized spacial score (nSPS) is 11.0. The Hall–Kier alpha value is -3.28. The summed E-state index contributed by atoms with van der Waals surface area (Å²) >= 11 is 0. The fraction of sp³-hybridized carbons (Fsp3) is 0.100. The number of alkyl halides is 2. The number of amides is 1. The molecule has 0 saturated heterocycles. The molecule has 0 aliphatic carbocycles. The minimum atomic E-state index is -3.01. The predicted molar refractivity (Wildman–Crippen MR) is 94.7 cm³/mol. The van der Waals surface area contributed by atoms with Gasteiger partial charge in [-0.15, -0.1) is 0 Å². The van der Waals surface area contributed by atoms with Crippen LogP contribution in [0.25, 0.3) is 0 Å². The molecule has 3 rings (SSSR count). The van der Waals surface area contributed by atoms with E-state index in [9.17, 15) is 13.6 Å². The molecule has 0 unspecified atom stereocenters. The maximum absolute atomic E-state index is 13.4. The summed E-state index contributed by atoms with van der Waals surface area (Å²) in [5.41, 5.74) is 0.437. The van der Waals surface area contributed by atoms with Gasteiger partial charge in [0.1, 0.15) is 11.5 Å². The quantitative estimate of drug-likeness (QED) is 0.682. The highest BCUT2D eigenvalue weighted by Gasteiger charge is 2.24. The molecule has 132 valence electrons. The number of rotatable bonds is 5. The van der Waals surface area contributed by atoms with Gasteiger partial charge in [-0.2, -0.15) is 0 Å². The number of pyridine rings is 1. The molecule has 26 heavy (non-hydrogen) atoms. The van der Waals surface area contributed by atoms with Gasteiger partial charge in [0.2, 0.25) is 0 Å². The predicted octanol–water partition coefficient (Wildman–Crippen LogP) is 5.24. The maximum atomic E-state index is 13.4. The monoisotopic (exact) mass is 354 g/mol. The Morgan fingerprint density at radius 3 is 2.54 bits per heavy atom. The van der Waals surface area contributed by atoms with Gasteiger partial charge in [-0.3, -0.25) is 9.78 Å². The summed E-state index contributed by atoms with van der Waals surface area (Å²) < 4.78 is 32.5. The minimum absolute atomic E-state index is 0.155. The Morgan fingerprint density at radius 1 is 1.04 bits per heavy atom. The van der Waals surface area contributed by atoms with Gasteiger partial charge in [0, 0.05) is 36.0 Å². The Bertz CT molecular complexity index is 909. The number of hydrogen-bond donors (Lipinski definition) is 1. The van der Waals surface area contributed by atoms with E-state index in [0.29, 0.717) is 17.2 Å². The Kier molecular flexibility index (Phi) is 4.93. The highest BCUT2D eigenvalue weighted by Crippen LogP contribution is 2.28. The average Bonchev–Trinajstić information content (AvgIpc) is 2.62. The molecular weight excluding hydrogens is 338 g/mol. The summed E-state index contributed by atoms with van der Waals surface area (Å²) in [6, 6.07) is 15.7. The molecule has 0 saturated carbocycles. The van der Waals surface area contributed by atoms with Gasteiger partial charge in [-0.25, -0.2) is 8.78 Å². The van der Waals surface area contributed by atoms with Gasteiger partial charge in [0.25, 0.3) is 11.8 Å². The number of nitrogens with zero attached hydrogens (tertiary/aromatic N) is 1. The molecular formula is C20H16F2N2O2. The van der Waals surface area contributed by atoms with E-state index in [1.54, 1.807) is 48.8 Å². The first-order valence-electron chi connectivity index (χ1n) is 7.89. The number of anilines is 1. The van der Waals surface area contributed by atoms with Crippen molar-refractivity contribution in [1.82, 2.24) is 4.98 Å². The van der Waals surface area contributed by atoms with Crippen LogP contribution in [0.2, 0.25) is 0 Å². The number of carbonyl (C=O) groups excluding carboxylic acids is 1. The van der Waals surface area contributed by atoms with Crippen molar-refractivity contribution in [3.63, 3.8) is 0 Å². The van der Waals surface area contributed by atoms with Crippen LogP contribution >= 0.6 is 0 Å². The van der Waals surface area contributed by atoms with Gasteiger partial charge >= 0.3 is 0 Å². The van der Waals surface area contributed by atoms with Crippen LogP contribution in [0, 0.1) is 0 Å². The fourth-order valence-electron chi connectivity index (χ4n) is 2.32. The van der Waals surface area contributed by atoms with Gasteiger partial charge < -0.3 is 10.1 Å². The van der Waals surface area contributed by atoms with Crippen LogP contribution in [-0.2, 0) is 5.92 Å². The molecule has 0 radical (unpaired) electrons. The summed E-state index contributed by atoms with van der Waals surface area (Å²) in [5.74, 6) is -2.40. The maximum Gasteiger partial charge on any atom is 0.270 e. The standard InChI is InChI=1S/C20H16F2N2O2/c1-20(21,22)15-6-2-5-14(11-15)19(25)24-16-7-3-8-17(12-16)26-18-9-4-10-23-13-18/h2-13H,1H3,(H,24,25). The number of nitrogens with one attached hydrogen (secondary N) is 1. The topological polar surface area (TPSA) is 51.2 Å². The van der Waals surface area contributed by atoms with Crippen molar-refractivity contribution >= 4 is 11.6 Å². The van der Waals surface area contributed by atoms with Crippen LogP contribution in [0.15, 0.2) is 73.1 Å².